The molecule has 0 bridgehead atoms. The van der Waals surface area contributed by atoms with Gasteiger partial charge in [0, 0.05) is 22.5 Å². The summed E-state index contributed by atoms with van der Waals surface area (Å²) in [6.07, 6.45) is 0. The lowest BCUT2D eigenvalue weighted by atomic mass is 9.52. The Morgan fingerprint density at radius 3 is 1.27 bits per heavy atom. The van der Waals surface area contributed by atoms with Crippen molar-refractivity contribution in [3.63, 3.8) is 0 Å². The van der Waals surface area contributed by atoms with Crippen LogP contribution in [0.25, 0.3) is 54.9 Å². The molecular weight excluding hydrogens is 879 g/mol. The quantitative estimate of drug-likeness (QED) is 0.139. The van der Waals surface area contributed by atoms with Crippen LogP contribution in [0, 0.1) is 6.92 Å². The fourth-order valence-corrected chi connectivity index (χ4v) is 12.1. The minimum Gasteiger partial charge on any atom is -0.310 e. The third kappa shape index (κ3) is 7.39. The van der Waals surface area contributed by atoms with Crippen molar-refractivity contribution < 1.29 is 0 Å². The summed E-state index contributed by atoms with van der Waals surface area (Å²) in [6, 6.07) is 106. The van der Waals surface area contributed by atoms with Crippen LogP contribution in [-0.2, 0) is 10.8 Å². The fraction of sp³-hybridized carbons (Fsp3) is 0.0556. The lowest BCUT2D eigenvalue weighted by molar-refractivity contribution is 0.587. The molecule has 73 heavy (non-hydrogen) atoms. The molecule has 346 valence electrons. The molecule has 13 rings (SSSR count). The number of anilines is 3. The predicted octanol–water partition coefficient (Wildman–Crippen LogP) is 18.8. The molecule has 1 aliphatic rings. The summed E-state index contributed by atoms with van der Waals surface area (Å²) in [5.74, 6) is 0. The number of hydrogen-bond donors (Lipinski definition) is 0. The van der Waals surface area contributed by atoms with Gasteiger partial charge in [0.2, 0.25) is 0 Å². The smallest absolute Gasteiger partial charge is 0.0710 e. The molecule has 1 nitrogen and oxygen atoms in total. The summed E-state index contributed by atoms with van der Waals surface area (Å²) in [6.45, 7) is 4.74. The number of nitrogens with zero attached hydrogens (tertiary/aromatic N) is 1. The van der Waals surface area contributed by atoms with Gasteiger partial charge < -0.3 is 4.90 Å². The summed E-state index contributed by atoms with van der Waals surface area (Å²) < 4.78 is 0. The minimum atomic E-state index is -0.640. The average molecular weight is 932 g/mol. The van der Waals surface area contributed by atoms with Crippen LogP contribution < -0.4 is 4.90 Å². The van der Waals surface area contributed by atoms with E-state index in [9.17, 15) is 0 Å². The summed E-state index contributed by atoms with van der Waals surface area (Å²) in [5.41, 5.74) is 19.5. The fourth-order valence-electron chi connectivity index (χ4n) is 12.1. The van der Waals surface area contributed by atoms with Crippen LogP contribution in [0.2, 0.25) is 0 Å². The zero-order valence-electron chi connectivity index (χ0n) is 41.1. The molecule has 1 aliphatic carbocycles. The normalized spacial score (nSPS) is 15.9. The maximum Gasteiger partial charge on any atom is 0.0710 e. The van der Waals surface area contributed by atoms with E-state index in [0.717, 1.165) is 22.6 Å². The first-order chi connectivity index (χ1) is 36.0. The van der Waals surface area contributed by atoms with Crippen LogP contribution in [0.15, 0.2) is 285 Å². The van der Waals surface area contributed by atoms with Gasteiger partial charge in [-0.2, -0.15) is 0 Å². The third-order valence-corrected chi connectivity index (χ3v) is 15.8. The highest BCUT2D eigenvalue weighted by Crippen LogP contribution is 2.59. The Morgan fingerprint density at radius 1 is 0.260 bits per heavy atom. The molecule has 12 aromatic carbocycles. The summed E-state index contributed by atoms with van der Waals surface area (Å²) in [4.78, 5) is 2.41. The Morgan fingerprint density at radius 2 is 0.685 bits per heavy atom. The molecule has 1 heteroatoms. The zero-order chi connectivity index (χ0) is 48.9. The predicted molar refractivity (Wildman–Crippen MR) is 307 cm³/mol. The van der Waals surface area contributed by atoms with Gasteiger partial charge in [-0.05, 0) is 156 Å². The second-order valence-corrected chi connectivity index (χ2v) is 19.8. The average Bonchev–Trinajstić information content (AvgIpc) is 3.49. The van der Waals surface area contributed by atoms with Crippen LogP contribution in [0.1, 0.15) is 51.4 Å². The molecule has 0 saturated carbocycles. The topological polar surface area (TPSA) is 3.24 Å². The molecule has 0 aromatic heterocycles. The van der Waals surface area contributed by atoms with Crippen molar-refractivity contribution in [2.75, 3.05) is 4.90 Å². The van der Waals surface area contributed by atoms with E-state index in [-0.39, 0.29) is 0 Å². The second kappa shape index (κ2) is 18.0. The molecule has 0 aliphatic heterocycles. The van der Waals surface area contributed by atoms with Gasteiger partial charge in [0.25, 0.3) is 0 Å². The van der Waals surface area contributed by atoms with E-state index in [1.54, 1.807) is 0 Å². The monoisotopic (exact) mass is 931 g/mol. The standard InChI is InChI=1S/C72H53N/c1-50-18-9-14-29-66(50)72(62-41-34-56(35-42-62)52-21-7-4-8-22-52)68-31-16-15-30-67(68)71(2,61-39-32-55(33-40-61)51-19-5-3-6-20-51)70-49-60(38-45-69(70)72)59-27-17-28-63(48-59)73(64-43-36-53-23-10-12-25-57(53)46-64)65-44-37-54-24-11-13-26-58(54)47-65/h3-49H,1-2H3. The van der Waals surface area contributed by atoms with E-state index < -0.39 is 10.8 Å². The van der Waals surface area contributed by atoms with Crippen LogP contribution >= 0.6 is 0 Å². The van der Waals surface area contributed by atoms with Crippen LogP contribution in [0.4, 0.5) is 17.1 Å². The van der Waals surface area contributed by atoms with Crippen molar-refractivity contribution in [2.24, 2.45) is 0 Å². The largest absolute Gasteiger partial charge is 0.310 e. The Hall–Kier alpha value is -9.04. The van der Waals surface area contributed by atoms with E-state index >= 15 is 0 Å². The Bertz CT molecular complexity index is 3910. The molecule has 2 atom stereocenters. The van der Waals surface area contributed by atoms with Crippen molar-refractivity contribution in [3.05, 3.63) is 330 Å². The number of rotatable bonds is 9. The number of benzene rings is 12. The van der Waals surface area contributed by atoms with Gasteiger partial charge in [-0.1, -0.05) is 243 Å². The van der Waals surface area contributed by atoms with Crippen molar-refractivity contribution in [1.29, 1.82) is 0 Å². The van der Waals surface area contributed by atoms with Crippen molar-refractivity contribution >= 4 is 38.6 Å². The van der Waals surface area contributed by atoms with Crippen LogP contribution in [0.5, 0.6) is 0 Å². The van der Waals surface area contributed by atoms with Gasteiger partial charge in [0.15, 0.2) is 0 Å². The highest BCUT2D eigenvalue weighted by molar-refractivity contribution is 5.93. The van der Waals surface area contributed by atoms with Crippen molar-refractivity contribution in [1.82, 2.24) is 0 Å². The molecule has 0 fully saturated rings. The third-order valence-electron chi connectivity index (χ3n) is 15.8. The highest BCUT2D eigenvalue weighted by Gasteiger charge is 2.51. The summed E-state index contributed by atoms with van der Waals surface area (Å²) in [7, 11) is 0. The van der Waals surface area contributed by atoms with Crippen molar-refractivity contribution in [3.8, 4) is 33.4 Å². The van der Waals surface area contributed by atoms with E-state index in [1.807, 2.05) is 0 Å². The van der Waals surface area contributed by atoms with Crippen LogP contribution in [0.3, 0.4) is 0 Å². The molecule has 0 radical (unpaired) electrons. The molecule has 0 saturated heterocycles. The van der Waals surface area contributed by atoms with E-state index in [2.05, 4.69) is 304 Å². The SMILES string of the molecule is Cc1ccccc1C1(c2ccc(-c3ccccc3)cc2)c2ccccc2C(C)(c2ccc(-c3ccccc3)cc2)c2cc(-c3cccc(N(c4ccc5ccccc5c4)c4ccc5ccccc5c4)c3)ccc21. The molecule has 2 unspecified atom stereocenters. The first kappa shape index (κ1) is 43.9. The van der Waals surface area contributed by atoms with E-state index in [1.165, 1.54) is 93.9 Å². The van der Waals surface area contributed by atoms with Gasteiger partial charge in [0.05, 0.1) is 5.41 Å². The maximum absolute atomic E-state index is 2.53. The lowest BCUT2D eigenvalue weighted by Crippen LogP contribution is -2.44. The maximum atomic E-state index is 2.53. The molecule has 0 spiro atoms. The van der Waals surface area contributed by atoms with Gasteiger partial charge in [-0.15, -0.1) is 0 Å². The molecule has 12 aromatic rings. The van der Waals surface area contributed by atoms with Gasteiger partial charge in [0.1, 0.15) is 0 Å². The number of fused-ring (bicyclic) bond motifs is 4. The first-order valence-corrected chi connectivity index (χ1v) is 25.5. The van der Waals surface area contributed by atoms with Crippen molar-refractivity contribution in [2.45, 2.75) is 24.7 Å². The zero-order valence-corrected chi connectivity index (χ0v) is 41.1. The van der Waals surface area contributed by atoms with Crippen LogP contribution in [-0.4, -0.2) is 0 Å². The van der Waals surface area contributed by atoms with Gasteiger partial charge >= 0.3 is 0 Å². The molecular formula is C72H53N. The number of hydrogen-bond acceptors (Lipinski definition) is 1. The Kier molecular flexibility index (Phi) is 10.8. The molecule has 0 N–H and O–H groups in total. The van der Waals surface area contributed by atoms with Gasteiger partial charge in [-0.25, -0.2) is 0 Å². The van der Waals surface area contributed by atoms with Gasteiger partial charge in [-0.3, -0.25) is 0 Å². The Labute approximate surface area is 429 Å². The first-order valence-electron chi connectivity index (χ1n) is 25.5. The minimum absolute atomic E-state index is 0.535. The Balaban J connectivity index is 1.05. The van der Waals surface area contributed by atoms with E-state index in [0.29, 0.717) is 0 Å². The van der Waals surface area contributed by atoms with E-state index in [4.69, 9.17) is 0 Å². The number of aryl methyl sites for hydroxylation is 1. The summed E-state index contributed by atoms with van der Waals surface area (Å²) >= 11 is 0. The lowest BCUT2D eigenvalue weighted by Gasteiger charge is -2.50. The highest BCUT2D eigenvalue weighted by atomic mass is 15.1. The molecule has 0 amide bonds. The summed E-state index contributed by atoms with van der Waals surface area (Å²) in [5, 5.41) is 4.86. The molecule has 0 heterocycles. The second-order valence-electron chi connectivity index (χ2n) is 19.8.